The van der Waals surface area contributed by atoms with Gasteiger partial charge in [-0.25, -0.2) is 14.4 Å². The second-order valence-corrected chi connectivity index (χ2v) is 6.74. The van der Waals surface area contributed by atoms with Crippen LogP contribution < -0.4 is 0 Å². The van der Waals surface area contributed by atoms with Crippen molar-refractivity contribution in [3.63, 3.8) is 0 Å². The van der Waals surface area contributed by atoms with Crippen LogP contribution in [0.25, 0.3) is 0 Å². The van der Waals surface area contributed by atoms with Gasteiger partial charge in [0.25, 0.3) is 0 Å². The van der Waals surface area contributed by atoms with Crippen LogP contribution in [0.2, 0.25) is 0 Å². The molecule has 3 aromatic carbocycles. The van der Waals surface area contributed by atoms with Gasteiger partial charge in [-0.3, -0.25) is 0 Å². The lowest BCUT2D eigenvalue weighted by atomic mass is 9.92. The van der Waals surface area contributed by atoms with Crippen molar-refractivity contribution in [3.8, 4) is 0 Å². The molecule has 4 rings (SSSR count). The normalized spacial score (nSPS) is 13.8. The molecule has 0 amide bonds. The molecule has 0 N–H and O–H groups in total. The first-order valence-corrected chi connectivity index (χ1v) is 9.36. The number of esters is 3. The summed E-state index contributed by atoms with van der Waals surface area (Å²) in [5.74, 6) is -2.77. The number of carbonyl (C=O) groups is 3. The number of rotatable bonds is 6. The van der Waals surface area contributed by atoms with Gasteiger partial charge in [-0.2, -0.15) is 0 Å². The molecule has 0 bridgehead atoms. The van der Waals surface area contributed by atoms with Crippen molar-refractivity contribution in [2.45, 2.75) is 18.8 Å². The average Bonchev–Trinajstić information content (AvgIpc) is 3.11. The summed E-state index contributed by atoms with van der Waals surface area (Å²) in [4.78, 5) is 38.6. The molecule has 0 atom stereocenters. The van der Waals surface area contributed by atoms with Gasteiger partial charge in [0.2, 0.25) is 0 Å². The summed E-state index contributed by atoms with van der Waals surface area (Å²) in [6.07, 6.45) is 0. The molecule has 30 heavy (non-hydrogen) atoms. The fourth-order valence-corrected chi connectivity index (χ4v) is 3.25. The summed E-state index contributed by atoms with van der Waals surface area (Å²) in [6, 6.07) is 24.2. The zero-order valence-corrected chi connectivity index (χ0v) is 15.9. The Kier molecular flexibility index (Phi) is 5.30. The van der Waals surface area contributed by atoms with Crippen molar-refractivity contribution >= 4 is 17.9 Å². The van der Waals surface area contributed by atoms with Gasteiger partial charge in [0.15, 0.2) is 0 Å². The predicted octanol–water partition coefficient (Wildman–Crippen LogP) is 3.54. The van der Waals surface area contributed by atoms with Crippen LogP contribution in [-0.2, 0) is 42.6 Å². The number of hydrogen-bond acceptors (Lipinski definition) is 6. The van der Waals surface area contributed by atoms with Gasteiger partial charge >= 0.3 is 23.5 Å². The summed E-state index contributed by atoms with van der Waals surface area (Å²) >= 11 is 0. The molecule has 0 aromatic heterocycles. The number of benzene rings is 3. The molecular weight excluding hydrogens is 384 g/mol. The molecule has 1 aliphatic rings. The molecule has 1 heterocycles. The third-order valence-corrected chi connectivity index (χ3v) is 4.77. The van der Waals surface area contributed by atoms with Crippen LogP contribution in [0.1, 0.15) is 27.0 Å². The lowest BCUT2D eigenvalue weighted by Crippen LogP contribution is -2.46. The molecule has 0 saturated carbocycles. The van der Waals surface area contributed by atoms with Crippen molar-refractivity contribution in [3.05, 3.63) is 107 Å². The van der Waals surface area contributed by atoms with E-state index in [0.29, 0.717) is 0 Å². The van der Waals surface area contributed by atoms with Crippen molar-refractivity contribution in [2.24, 2.45) is 0 Å². The molecule has 0 saturated heterocycles. The summed E-state index contributed by atoms with van der Waals surface area (Å²) < 4.78 is 16.1. The second-order valence-electron chi connectivity index (χ2n) is 6.74. The molecule has 6 heteroatoms. The Bertz CT molecular complexity index is 1020. The van der Waals surface area contributed by atoms with E-state index < -0.39 is 23.5 Å². The Balaban J connectivity index is 1.63. The van der Waals surface area contributed by atoms with Crippen molar-refractivity contribution in [2.75, 3.05) is 0 Å². The number of cyclic esters (lactones) is 1. The van der Waals surface area contributed by atoms with Gasteiger partial charge in [-0.05, 0) is 17.2 Å². The van der Waals surface area contributed by atoms with Crippen LogP contribution in [0.5, 0.6) is 0 Å². The molecule has 0 unspecified atom stereocenters. The Morgan fingerprint density at radius 1 is 0.700 bits per heavy atom. The molecule has 0 aliphatic carbocycles. The van der Waals surface area contributed by atoms with Crippen molar-refractivity contribution in [1.82, 2.24) is 0 Å². The summed E-state index contributed by atoms with van der Waals surface area (Å²) in [7, 11) is 0. The van der Waals surface area contributed by atoms with Gasteiger partial charge in [0.1, 0.15) is 13.2 Å². The van der Waals surface area contributed by atoms with Crippen LogP contribution in [0.3, 0.4) is 0 Å². The SMILES string of the molecule is O=C1OC(C(=O)OCc2ccccc2)(C(=O)OCc2ccccc2)c2ccccc21. The zero-order chi connectivity index (χ0) is 21.0. The topological polar surface area (TPSA) is 78.9 Å². The van der Waals surface area contributed by atoms with E-state index in [0.717, 1.165) is 11.1 Å². The highest BCUT2D eigenvalue weighted by atomic mass is 16.6. The Hall–Kier alpha value is -3.93. The van der Waals surface area contributed by atoms with E-state index in [1.54, 1.807) is 60.7 Å². The molecule has 6 nitrogen and oxygen atoms in total. The highest BCUT2D eigenvalue weighted by Crippen LogP contribution is 2.39. The van der Waals surface area contributed by atoms with E-state index in [1.807, 2.05) is 12.1 Å². The van der Waals surface area contributed by atoms with E-state index in [-0.39, 0.29) is 24.3 Å². The van der Waals surface area contributed by atoms with E-state index in [2.05, 4.69) is 0 Å². The van der Waals surface area contributed by atoms with E-state index >= 15 is 0 Å². The molecule has 3 aromatic rings. The molecule has 0 fully saturated rings. The maximum Gasteiger partial charge on any atom is 0.367 e. The average molecular weight is 402 g/mol. The quantitative estimate of drug-likeness (QED) is 0.357. The second kappa shape index (κ2) is 8.21. The largest absolute Gasteiger partial charge is 0.457 e. The molecule has 0 spiro atoms. The highest BCUT2D eigenvalue weighted by molar-refractivity contribution is 6.12. The standard InChI is InChI=1S/C24H18O6/c25-21-19-13-7-8-14-20(19)24(30-21,22(26)28-15-17-9-3-1-4-10-17)23(27)29-16-18-11-5-2-6-12-18/h1-14H,15-16H2. The minimum Gasteiger partial charge on any atom is -0.457 e. The smallest absolute Gasteiger partial charge is 0.367 e. The summed E-state index contributed by atoms with van der Waals surface area (Å²) in [6.45, 7) is -0.153. The van der Waals surface area contributed by atoms with Crippen LogP contribution >= 0.6 is 0 Å². The first-order chi connectivity index (χ1) is 14.6. The van der Waals surface area contributed by atoms with Crippen LogP contribution in [0.4, 0.5) is 0 Å². The van der Waals surface area contributed by atoms with Crippen molar-refractivity contribution in [1.29, 1.82) is 0 Å². The lowest BCUT2D eigenvalue weighted by Gasteiger charge is -2.24. The van der Waals surface area contributed by atoms with Crippen LogP contribution in [-0.4, -0.2) is 17.9 Å². The van der Waals surface area contributed by atoms with Crippen LogP contribution in [0, 0.1) is 0 Å². The van der Waals surface area contributed by atoms with Gasteiger partial charge < -0.3 is 14.2 Å². The fraction of sp³-hybridized carbons (Fsp3) is 0.125. The zero-order valence-electron chi connectivity index (χ0n) is 15.9. The lowest BCUT2D eigenvalue weighted by molar-refractivity contribution is -0.186. The van der Waals surface area contributed by atoms with Crippen LogP contribution in [0.15, 0.2) is 84.9 Å². The first kappa shape index (κ1) is 19.4. The van der Waals surface area contributed by atoms with Gasteiger partial charge in [-0.1, -0.05) is 78.9 Å². The summed E-state index contributed by atoms with van der Waals surface area (Å²) in [5, 5.41) is 0. The Morgan fingerprint density at radius 3 is 1.70 bits per heavy atom. The third kappa shape index (κ3) is 3.55. The number of carbonyl (C=O) groups excluding carboxylic acids is 3. The number of fused-ring (bicyclic) bond motifs is 1. The minimum atomic E-state index is -2.29. The van der Waals surface area contributed by atoms with Gasteiger partial charge in [0, 0.05) is 5.56 Å². The van der Waals surface area contributed by atoms with Crippen molar-refractivity contribution < 1.29 is 28.6 Å². The summed E-state index contributed by atoms with van der Waals surface area (Å²) in [5.41, 5.74) is -0.582. The molecule has 1 aliphatic heterocycles. The van der Waals surface area contributed by atoms with Gasteiger partial charge in [-0.15, -0.1) is 0 Å². The molecular formula is C24H18O6. The van der Waals surface area contributed by atoms with Gasteiger partial charge in [0.05, 0.1) is 5.56 Å². The maximum atomic E-state index is 13.1. The number of ether oxygens (including phenoxy) is 3. The van der Waals surface area contributed by atoms with E-state index in [9.17, 15) is 14.4 Å². The fourth-order valence-electron chi connectivity index (χ4n) is 3.25. The first-order valence-electron chi connectivity index (χ1n) is 9.36. The highest BCUT2D eigenvalue weighted by Gasteiger charge is 2.60. The Morgan fingerprint density at radius 2 is 1.17 bits per heavy atom. The predicted molar refractivity (Wildman–Crippen MR) is 106 cm³/mol. The monoisotopic (exact) mass is 402 g/mol. The van der Waals surface area contributed by atoms with E-state index in [4.69, 9.17) is 14.2 Å². The Labute approximate surface area is 173 Å². The number of hydrogen-bond donors (Lipinski definition) is 0. The third-order valence-electron chi connectivity index (χ3n) is 4.77. The minimum absolute atomic E-state index is 0.0763. The maximum absolute atomic E-state index is 13.1. The molecule has 150 valence electrons. The van der Waals surface area contributed by atoms with E-state index in [1.165, 1.54) is 12.1 Å². The molecule has 0 radical (unpaired) electrons.